The van der Waals surface area contributed by atoms with E-state index in [4.69, 9.17) is 10.00 Å². The molecule has 1 rings (SSSR count). The van der Waals surface area contributed by atoms with Gasteiger partial charge in [-0.05, 0) is 25.2 Å². The van der Waals surface area contributed by atoms with Gasteiger partial charge in [-0.3, -0.25) is 0 Å². The van der Waals surface area contributed by atoms with Crippen LogP contribution in [0.5, 0.6) is 0 Å². The monoisotopic (exact) mass is 260 g/mol. The summed E-state index contributed by atoms with van der Waals surface area (Å²) < 4.78 is 30.8. The normalized spacial score (nSPS) is 24.2. The van der Waals surface area contributed by atoms with Crippen molar-refractivity contribution in [2.75, 3.05) is 26.8 Å². The predicted octanol–water partition coefficient (Wildman–Crippen LogP) is 0.977. The summed E-state index contributed by atoms with van der Waals surface area (Å²) in [5.41, 5.74) is 0. The number of rotatable bonds is 5. The van der Waals surface area contributed by atoms with Crippen LogP contribution in [0.1, 0.15) is 26.2 Å². The Hall–Kier alpha value is -0.640. The zero-order valence-electron chi connectivity index (χ0n) is 10.4. The Kier molecular flexibility index (Phi) is 5.37. The Bertz CT molecular complexity index is 373. The van der Waals surface area contributed by atoms with E-state index in [9.17, 15) is 8.42 Å². The second-order valence-corrected chi connectivity index (χ2v) is 6.51. The first kappa shape index (κ1) is 14.4. The van der Waals surface area contributed by atoms with Gasteiger partial charge in [-0.25, -0.2) is 12.7 Å². The van der Waals surface area contributed by atoms with Crippen LogP contribution in [0.15, 0.2) is 0 Å². The Morgan fingerprint density at radius 1 is 1.59 bits per heavy atom. The Balaban J connectivity index is 2.75. The summed E-state index contributed by atoms with van der Waals surface area (Å²) in [4.78, 5) is 0. The fourth-order valence-corrected chi connectivity index (χ4v) is 3.89. The highest BCUT2D eigenvalue weighted by molar-refractivity contribution is 7.90. The summed E-state index contributed by atoms with van der Waals surface area (Å²) in [6.07, 6.45) is 2.17. The third-order valence-electron chi connectivity index (χ3n) is 3.12. The molecule has 17 heavy (non-hydrogen) atoms. The molecule has 0 N–H and O–H groups in total. The standard InChI is InChI=1S/C11H20N2O3S/c1-3-11(7-12)17(14,15)13-6-4-5-10(8-13)9-16-2/h10-11H,3-6,8-9H2,1-2H3. The van der Waals surface area contributed by atoms with Crippen LogP contribution in [0.3, 0.4) is 0 Å². The van der Waals surface area contributed by atoms with Crippen LogP contribution in [0.4, 0.5) is 0 Å². The number of nitrogens with zero attached hydrogens (tertiary/aromatic N) is 2. The van der Waals surface area contributed by atoms with Crippen LogP contribution in [-0.4, -0.2) is 44.8 Å². The summed E-state index contributed by atoms with van der Waals surface area (Å²) in [5, 5.41) is 7.97. The molecular weight excluding hydrogens is 240 g/mol. The molecule has 1 fully saturated rings. The minimum Gasteiger partial charge on any atom is -0.384 e. The molecule has 0 saturated carbocycles. The van der Waals surface area contributed by atoms with Crippen LogP contribution in [0, 0.1) is 17.2 Å². The summed E-state index contributed by atoms with van der Waals surface area (Å²) in [7, 11) is -1.84. The van der Waals surface area contributed by atoms with Gasteiger partial charge in [0.25, 0.3) is 0 Å². The van der Waals surface area contributed by atoms with Crippen molar-refractivity contribution in [3.63, 3.8) is 0 Å². The Morgan fingerprint density at radius 2 is 2.29 bits per heavy atom. The van der Waals surface area contributed by atoms with Crippen LogP contribution in [-0.2, 0) is 14.8 Å². The summed E-state index contributed by atoms with van der Waals surface area (Å²) >= 11 is 0. The van der Waals surface area contributed by atoms with Crippen molar-refractivity contribution in [3.8, 4) is 6.07 Å². The van der Waals surface area contributed by atoms with Gasteiger partial charge >= 0.3 is 0 Å². The average molecular weight is 260 g/mol. The fraction of sp³-hybridized carbons (Fsp3) is 0.909. The van der Waals surface area contributed by atoms with Crippen molar-refractivity contribution in [1.29, 1.82) is 5.26 Å². The maximum Gasteiger partial charge on any atom is 0.230 e. The molecule has 2 unspecified atom stereocenters. The largest absolute Gasteiger partial charge is 0.384 e. The van der Waals surface area contributed by atoms with Crippen LogP contribution >= 0.6 is 0 Å². The van der Waals surface area contributed by atoms with Gasteiger partial charge in [-0.2, -0.15) is 5.26 Å². The molecule has 6 heteroatoms. The summed E-state index contributed by atoms with van der Waals surface area (Å²) in [6, 6.07) is 1.88. The maximum absolute atomic E-state index is 12.2. The zero-order valence-corrected chi connectivity index (χ0v) is 11.2. The van der Waals surface area contributed by atoms with Gasteiger partial charge in [-0.1, -0.05) is 6.92 Å². The lowest BCUT2D eigenvalue weighted by Crippen LogP contribution is -2.44. The van der Waals surface area contributed by atoms with Gasteiger partial charge in [0.2, 0.25) is 10.0 Å². The molecule has 0 aliphatic carbocycles. The van der Waals surface area contributed by atoms with E-state index in [0.29, 0.717) is 26.1 Å². The van der Waals surface area contributed by atoms with E-state index in [-0.39, 0.29) is 5.92 Å². The molecular formula is C11H20N2O3S. The first-order valence-electron chi connectivity index (χ1n) is 5.93. The van der Waals surface area contributed by atoms with E-state index in [1.54, 1.807) is 14.0 Å². The van der Waals surface area contributed by atoms with Gasteiger partial charge < -0.3 is 4.74 Å². The minimum atomic E-state index is -3.46. The smallest absolute Gasteiger partial charge is 0.230 e. The molecule has 0 aromatic carbocycles. The van der Waals surface area contributed by atoms with E-state index in [1.807, 2.05) is 6.07 Å². The molecule has 1 aliphatic heterocycles. The topological polar surface area (TPSA) is 70.4 Å². The molecule has 0 aromatic rings. The van der Waals surface area contributed by atoms with E-state index in [0.717, 1.165) is 12.8 Å². The van der Waals surface area contributed by atoms with Gasteiger partial charge in [0.1, 0.15) is 0 Å². The Labute approximate surface area is 103 Å². The van der Waals surface area contributed by atoms with Crippen molar-refractivity contribution >= 4 is 10.0 Å². The lowest BCUT2D eigenvalue weighted by atomic mass is 10.0. The number of piperidine rings is 1. The molecule has 5 nitrogen and oxygen atoms in total. The second-order valence-electron chi connectivity index (χ2n) is 4.39. The number of ether oxygens (including phenoxy) is 1. The van der Waals surface area contributed by atoms with Crippen molar-refractivity contribution < 1.29 is 13.2 Å². The highest BCUT2D eigenvalue weighted by atomic mass is 32.2. The molecule has 0 amide bonds. The van der Waals surface area contributed by atoms with Gasteiger partial charge in [0.15, 0.2) is 5.25 Å². The molecule has 0 spiro atoms. The predicted molar refractivity (Wildman–Crippen MR) is 64.8 cm³/mol. The molecule has 0 aromatic heterocycles. The molecule has 2 atom stereocenters. The summed E-state index contributed by atoms with van der Waals surface area (Å²) in [5.74, 6) is 0.250. The lowest BCUT2D eigenvalue weighted by Gasteiger charge is -2.32. The Morgan fingerprint density at radius 3 is 2.82 bits per heavy atom. The SMILES string of the molecule is CCC(C#N)S(=O)(=O)N1CCCC(COC)C1. The van der Waals surface area contributed by atoms with Crippen LogP contribution in [0.2, 0.25) is 0 Å². The van der Waals surface area contributed by atoms with E-state index in [1.165, 1.54) is 4.31 Å². The maximum atomic E-state index is 12.2. The number of methoxy groups -OCH3 is 1. The quantitative estimate of drug-likeness (QED) is 0.738. The fourth-order valence-electron chi connectivity index (χ4n) is 2.18. The van der Waals surface area contributed by atoms with Crippen LogP contribution in [0.25, 0.3) is 0 Å². The molecule has 1 aliphatic rings. The minimum absolute atomic E-state index is 0.250. The van der Waals surface area contributed by atoms with E-state index >= 15 is 0 Å². The second kappa shape index (κ2) is 6.34. The van der Waals surface area contributed by atoms with Gasteiger partial charge in [-0.15, -0.1) is 0 Å². The van der Waals surface area contributed by atoms with Gasteiger partial charge in [0.05, 0.1) is 12.7 Å². The van der Waals surface area contributed by atoms with Crippen molar-refractivity contribution in [2.45, 2.75) is 31.4 Å². The molecule has 1 saturated heterocycles. The number of hydrogen-bond acceptors (Lipinski definition) is 4. The first-order valence-corrected chi connectivity index (χ1v) is 7.44. The first-order chi connectivity index (χ1) is 8.06. The molecule has 0 radical (unpaired) electrons. The highest BCUT2D eigenvalue weighted by Gasteiger charge is 2.34. The number of hydrogen-bond donors (Lipinski definition) is 0. The summed E-state index contributed by atoms with van der Waals surface area (Å²) in [6.45, 7) is 3.31. The molecule has 1 heterocycles. The van der Waals surface area contributed by atoms with Crippen molar-refractivity contribution in [1.82, 2.24) is 4.31 Å². The lowest BCUT2D eigenvalue weighted by molar-refractivity contribution is 0.118. The molecule has 98 valence electrons. The van der Waals surface area contributed by atoms with Crippen LogP contribution < -0.4 is 0 Å². The van der Waals surface area contributed by atoms with E-state index in [2.05, 4.69) is 0 Å². The average Bonchev–Trinajstić information content (AvgIpc) is 2.31. The van der Waals surface area contributed by atoms with E-state index < -0.39 is 15.3 Å². The zero-order chi connectivity index (χ0) is 12.9. The number of sulfonamides is 1. The third kappa shape index (κ3) is 3.41. The third-order valence-corrected chi connectivity index (χ3v) is 5.33. The highest BCUT2D eigenvalue weighted by Crippen LogP contribution is 2.22. The molecule has 0 bridgehead atoms. The van der Waals surface area contributed by atoms with Gasteiger partial charge in [0, 0.05) is 20.2 Å². The van der Waals surface area contributed by atoms with Crippen molar-refractivity contribution in [3.05, 3.63) is 0 Å². The van der Waals surface area contributed by atoms with Crippen molar-refractivity contribution in [2.24, 2.45) is 5.92 Å². The number of nitriles is 1.